The van der Waals surface area contributed by atoms with Gasteiger partial charge in [-0.05, 0) is 73.7 Å². The molecule has 10 heteroatoms. The number of rotatable bonds is 4. The van der Waals surface area contributed by atoms with Gasteiger partial charge in [0.1, 0.15) is 5.69 Å². The third kappa shape index (κ3) is 4.15. The number of hydrogen-bond donors (Lipinski definition) is 1. The molecule has 1 fully saturated rings. The highest BCUT2D eigenvalue weighted by Gasteiger charge is 2.43. The van der Waals surface area contributed by atoms with Gasteiger partial charge in [0, 0.05) is 43.0 Å². The molecule has 0 radical (unpaired) electrons. The summed E-state index contributed by atoms with van der Waals surface area (Å²) >= 11 is 0. The van der Waals surface area contributed by atoms with Crippen molar-refractivity contribution >= 4 is 23.2 Å². The predicted molar refractivity (Wildman–Crippen MR) is 129 cm³/mol. The Balaban J connectivity index is 1.53. The van der Waals surface area contributed by atoms with E-state index in [1.165, 1.54) is 4.90 Å². The molecule has 0 saturated carbocycles. The van der Waals surface area contributed by atoms with Gasteiger partial charge in [0.15, 0.2) is 5.69 Å². The first-order chi connectivity index (χ1) is 17.2. The van der Waals surface area contributed by atoms with Crippen molar-refractivity contribution in [3.05, 3.63) is 70.5 Å². The number of nitrogens with zero attached hydrogens (tertiary/aromatic N) is 4. The quantitative estimate of drug-likeness (QED) is 0.580. The van der Waals surface area contributed by atoms with E-state index in [0.717, 1.165) is 34.3 Å². The zero-order valence-corrected chi connectivity index (χ0v) is 19.8. The minimum atomic E-state index is -4.69. The van der Waals surface area contributed by atoms with Crippen LogP contribution in [-0.2, 0) is 23.9 Å². The van der Waals surface area contributed by atoms with Crippen LogP contribution >= 0.6 is 0 Å². The molecule has 2 N–H and O–H groups in total. The van der Waals surface area contributed by atoms with E-state index in [0.29, 0.717) is 24.3 Å². The van der Waals surface area contributed by atoms with Crippen LogP contribution in [0, 0.1) is 6.92 Å². The molecule has 0 aliphatic carbocycles. The Morgan fingerprint density at radius 3 is 2.22 bits per heavy atom. The fourth-order valence-corrected chi connectivity index (χ4v) is 4.92. The number of hydrogen-bond acceptors (Lipinski definition) is 4. The highest BCUT2D eigenvalue weighted by Crippen LogP contribution is 2.37. The molecule has 0 atom stereocenters. The van der Waals surface area contributed by atoms with Crippen molar-refractivity contribution in [2.45, 2.75) is 45.3 Å². The second kappa shape index (κ2) is 9.09. The summed E-state index contributed by atoms with van der Waals surface area (Å²) in [6.45, 7) is 2.80. The lowest BCUT2D eigenvalue weighted by Crippen LogP contribution is -2.39. The van der Waals surface area contributed by atoms with Crippen LogP contribution in [0.5, 0.6) is 0 Å². The van der Waals surface area contributed by atoms with Gasteiger partial charge in [0.2, 0.25) is 5.91 Å². The van der Waals surface area contributed by atoms with Crippen molar-refractivity contribution in [3.8, 4) is 5.69 Å². The third-order valence-electron chi connectivity index (χ3n) is 6.88. The van der Waals surface area contributed by atoms with Gasteiger partial charge in [-0.1, -0.05) is 6.07 Å². The van der Waals surface area contributed by atoms with Crippen molar-refractivity contribution in [2.24, 2.45) is 5.73 Å². The van der Waals surface area contributed by atoms with Crippen molar-refractivity contribution in [1.82, 2.24) is 9.78 Å². The molecule has 3 aromatic rings. The fourth-order valence-electron chi connectivity index (χ4n) is 4.92. The number of amides is 2. The first kappa shape index (κ1) is 24.1. The van der Waals surface area contributed by atoms with Crippen molar-refractivity contribution in [2.75, 3.05) is 22.9 Å². The van der Waals surface area contributed by atoms with Gasteiger partial charge >= 0.3 is 6.18 Å². The molecule has 2 aromatic carbocycles. The van der Waals surface area contributed by atoms with Crippen LogP contribution in [0.4, 0.5) is 24.5 Å². The molecule has 1 aromatic heterocycles. The Hall–Kier alpha value is -3.66. The molecule has 3 heterocycles. The number of carbonyl (C=O) groups excluding carboxylic acids is 2. The van der Waals surface area contributed by atoms with Gasteiger partial charge in [0.05, 0.1) is 5.69 Å². The lowest BCUT2D eigenvalue weighted by Gasteiger charge is -2.30. The molecular formula is C26H26F3N5O2. The third-order valence-corrected chi connectivity index (χ3v) is 6.88. The Bertz CT molecular complexity index is 1330. The molecule has 2 aliphatic heterocycles. The molecule has 0 spiro atoms. The minimum Gasteiger partial charge on any atom is -0.326 e. The SMILES string of the molecule is Cc1ccc(-n2nc(C(F)(F)F)c3c2C(=O)N(c2ccc(N4CCCCC4=O)cc2)CC3)cc1CN. The summed E-state index contributed by atoms with van der Waals surface area (Å²) in [5, 5.41) is 3.86. The molecule has 36 heavy (non-hydrogen) atoms. The summed E-state index contributed by atoms with van der Waals surface area (Å²) in [5.74, 6) is -0.498. The van der Waals surface area contributed by atoms with Gasteiger partial charge in [-0.3, -0.25) is 9.59 Å². The largest absolute Gasteiger partial charge is 0.435 e. The zero-order chi connectivity index (χ0) is 25.6. The summed E-state index contributed by atoms with van der Waals surface area (Å²) in [6, 6.07) is 12.1. The second-order valence-corrected chi connectivity index (χ2v) is 9.13. The minimum absolute atomic E-state index is 0.0118. The van der Waals surface area contributed by atoms with E-state index in [1.54, 1.807) is 47.4 Å². The highest BCUT2D eigenvalue weighted by molar-refractivity contribution is 6.08. The normalized spacial score (nSPS) is 16.5. The summed E-state index contributed by atoms with van der Waals surface area (Å²) in [6.07, 6.45) is -2.37. The Morgan fingerprint density at radius 1 is 0.917 bits per heavy atom. The number of carbonyl (C=O) groups is 2. The van der Waals surface area contributed by atoms with E-state index in [2.05, 4.69) is 5.10 Å². The van der Waals surface area contributed by atoms with Crippen LogP contribution in [0.25, 0.3) is 5.69 Å². The molecule has 7 nitrogen and oxygen atoms in total. The van der Waals surface area contributed by atoms with Gasteiger partial charge in [-0.15, -0.1) is 0 Å². The van der Waals surface area contributed by atoms with Gasteiger partial charge in [0.25, 0.3) is 5.91 Å². The van der Waals surface area contributed by atoms with Crippen molar-refractivity contribution in [1.29, 1.82) is 0 Å². The fraction of sp³-hybridized carbons (Fsp3) is 0.346. The summed E-state index contributed by atoms with van der Waals surface area (Å²) in [5.41, 5.74) is 7.85. The first-order valence-corrected chi connectivity index (χ1v) is 11.9. The number of halogens is 3. The lowest BCUT2D eigenvalue weighted by molar-refractivity contribution is -0.142. The number of nitrogens with two attached hydrogens (primary N) is 1. The summed E-state index contributed by atoms with van der Waals surface area (Å²) in [7, 11) is 0. The molecule has 188 valence electrons. The number of aryl methyl sites for hydroxylation is 1. The number of anilines is 2. The molecular weight excluding hydrogens is 471 g/mol. The average molecular weight is 498 g/mol. The van der Waals surface area contributed by atoms with Crippen LogP contribution in [0.15, 0.2) is 42.5 Å². The number of alkyl halides is 3. The predicted octanol–water partition coefficient (Wildman–Crippen LogP) is 4.38. The molecule has 5 rings (SSSR count). The van der Waals surface area contributed by atoms with Gasteiger partial charge in [-0.25, -0.2) is 4.68 Å². The molecule has 1 saturated heterocycles. The molecule has 0 bridgehead atoms. The maximum atomic E-state index is 13.9. The van der Waals surface area contributed by atoms with Crippen LogP contribution in [0.1, 0.15) is 52.1 Å². The number of fused-ring (bicyclic) bond motifs is 1. The monoisotopic (exact) mass is 497 g/mol. The first-order valence-electron chi connectivity index (χ1n) is 11.9. The molecule has 0 unspecified atom stereocenters. The Morgan fingerprint density at radius 2 is 1.58 bits per heavy atom. The van der Waals surface area contributed by atoms with E-state index < -0.39 is 17.8 Å². The van der Waals surface area contributed by atoms with Crippen LogP contribution in [-0.4, -0.2) is 34.7 Å². The topological polar surface area (TPSA) is 84.5 Å². The van der Waals surface area contributed by atoms with E-state index in [9.17, 15) is 22.8 Å². The lowest BCUT2D eigenvalue weighted by atomic mass is 10.0. The number of benzene rings is 2. The van der Waals surface area contributed by atoms with Gasteiger partial charge < -0.3 is 15.5 Å². The summed E-state index contributed by atoms with van der Waals surface area (Å²) < 4.78 is 42.7. The maximum Gasteiger partial charge on any atom is 0.435 e. The maximum absolute atomic E-state index is 13.9. The van der Waals surface area contributed by atoms with E-state index in [-0.39, 0.29) is 36.7 Å². The standard InChI is InChI=1S/C26H26F3N5O2/c1-16-5-6-20(14-17(16)15-30)34-23-21(24(31-34)26(27,28)29)11-13-33(25(23)36)19-9-7-18(8-10-19)32-12-3-2-4-22(32)35/h5-10,14H,2-4,11-13,15,30H2,1H3. The Kier molecular flexibility index (Phi) is 6.07. The second-order valence-electron chi connectivity index (χ2n) is 9.13. The van der Waals surface area contributed by atoms with Crippen molar-refractivity contribution < 1.29 is 22.8 Å². The Labute approximate surface area is 206 Å². The van der Waals surface area contributed by atoms with Crippen molar-refractivity contribution in [3.63, 3.8) is 0 Å². The van der Waals surface area contributed by atoms with Crippen LogP contribution in [0.3, 0.4) is 0 Å². The highest BCUT2D eigenvalue weighted by atomic mass is 19.4. The van der Waals surface area contributed by atoms with Crippen LogP contribution in [0.2, 0.25) is 0 Å². The van der Waals surface area contributed by atoms with Crippen LogP contribution < -0.4 is 15.5 Å². The average Bonchev–Trinajstić information content (AvgIpc) is 3.26. The van der Waals surface area contributed by atoms with E-state index in [1.807, 2.05) is 6.92 Å². The van der Waals surface area contributed by atoms with Gasteiger partial charge in [-0.2, -0.15) is 18.3 Å². The zero-order valence-electron chi connectivity index (χ0n) is 19.8. The van der Waals surface area contributed by atoms with E-state index >= 15 is 0 Å². The number of piperidine rings is 1. The van der Waals surface area contributed by atoms with E-state index in [4.69, 9.17) is 5.73 Å². The molecule has 2 aliphatic rings. The number of aromatic nitrogens is 2. The molecule has 2 amide bonds. The smallest absolute Gasteiger partial charge is 0.326 e. The summed E-state index contributed by atoms with van der Waals surface area (Å²) in [4.78, 5) is 29.0.